The topological polar surface area (TPSA) is 52.6 Å². The van der Waals surface area contributed by atoms with Crippen molar-refractivity contribution in [3.8, 4) is 5.75 Å². The first-order valence-electron chi connectivity index (χ1n) is 8.77. The highest BCUT2D eigenvalue weighted by molar-refractivity contribution is 5.92. The fraction of sp³-hybridized carbons (Fsp3) is 0.273. The lowest BCUT2D eigenvalue weighted by molar-refractivity contribution is -0.139. The summed E-state index contributed by atoms with van der Waals surface area (Å²) in [6.07, 6.45) is 1.39. The van der Waals surface area contributed by atoms with Gasteiger partial charge >= 0.3 is 11.9 Å². The number of rotatable bonds is 2. The maximum absolute atomic E-state index is 12.5. The highest BCUT2D eigenvalue weighted by Gasteiger charge is 2.44. The van der Waals surface area contributed by atoms with E-state index >= 15 is 0 Å². The lowest BCUT2D eigenvalue weighted by Crippen LogP contribution is -2.21. The Kier molecular flexibility index (Phi) is 3.91. The van der Waals surface area contributed by atoms with Gasteiger partial charge in [0.25, 0.3) is 0 Å². The number of benzene rings is 2. The van der Waals surface area contributed by atoms with Gasteiger partial charge in [-0.05, 0) is 61.6 Å². The van der Waals surface area contributed by atoms with Gasteiger partial charge in [-0.15, -0.1) is 0 Å². The molecule has 0 radical (unpaired) electrons. The lowest BCUT2D eigenvalue weighted by atomic mass is 9.76. The van der Waals surface area contributed by atoms with Crippen LogP contribution in [0.5, 0.6) is 5.75 Å². The molecule has 0 spiro atoms. The molecular weight excluding hydrogens is 328 g/mol. The van der Waals surface area contributed by atoms with Gasteiger partial charge in [0.2, 0.25) is 0 Å². The maximum atomic E-state index is 12.5. The summed E-state index contributed by atoms with van der Waals surface area (Å²) in [6, 6.07) is 10.8. The molecule has 0 N–H and O–H groups in total. The first kappa shape index (κ1) is 16.6. The third-order valence-electron chi connectivity index (χ3n) is 5.43. The molecule has 2 aromatic carbocycles. The molecule has 1 aliphatic heterocycles. The molecule has 0 aromatic heterocycles. The van der Waals surface area contributed by atoms with E-state index in [0.717, 1.165) is 29.5 Å². The Morgan fingerprint density at radius 1 is 1.23 bits per heavy atom. The van der Waals surface area contributed by atoms with E-state index in [4.69, 9.17) is 9.47 Å². The van der Waals surface area contributed by atoms with Gasteiger partial charge in [0.1, 0.15) is 11.9 Å². The highest BCUT2D eigenvalue weighted by atomic mass is 16.6. The van der Waals surface area contributed by atoms with Crippen molar-refractivity contribution in [3.05, 3.63) is 76.4 Å². The third-order valence-corrected chi connectivity index (χ3v) is 5.43. The second-order valence-electron chi connectivity index (χ2n) is 6.96. The number of hydrogen-bond donors (Lipinski definition) is 0. The van der Waals surface area contributed by atoms with Crippen molar-refractivity contribution in [1.29, 1.82) is 0 Å². The molecule has 2 aromatic rings. The smallest absolute Gasteiger partial charge is 0.343 e. The first-order chi connectivity index (χ1) is 12.5. The van der Waals surface area contributed by atoms with Gasteiger partial charge in [-0.2, -0.15) is 0 Å². The molecular formula is C22H20O4. The quantitative estimate of drug-likeness (QED) is 0.463. The van der Waals surface area contributed by atoms with E-state index in [1.165, 1.54) is 5.56 Å². The number of hydrogen-bond acceptors (Lipinski definition) is 4. The largest absolute Gasteiger partial charge is 0.453 e. The molecule has 0 bridgehead atoms. The van der Waals surface area contributed by atoms with E-state index in [1.807, 2.05) is 26.0 Å². The van der Waals surface area contributed by atoms with Crippen molar-refractivity contribution in [1.82, 2.24) is 0 Å². The van der Waals surface area contributed by atoms with Crippen LogP contribution in [-0.2, 0) is 16.0 Å². The van der Waals surface area contributed by atoms with Crippen molar-refractivity contribution < 1.29 is 19.1 Å². The second-order valence-corrected chi connectivity index (χ2v) is 6.96. The molecule has 1 saturated heterocycles. The summed E-state index contributed by atoms with van der Waals surface area (Å²) in [7, 11) is 0. The molecule has 0 saturated carbocycles. The summed E-state index contributed by atoms with van der Waals surface area (Å²) in [5.41, 5.74) is 5.11. The molecule has 0 unspecified atom stereocenters. The fourth-order valence-corrected chi connectivity index (χ4v) is 4.01. The Bertz CT molecular complexity index is 927. The molecule has 2 aliphatic rings. The Morgan fingerprint density at radius 2 is 1.96 bits per heavy atom. The average molecular weight is 348 g/mol. The summed E-state index contributed by atoms with van der Waals surface area (Å²) in [4.78, 5) is 24.4. The molecule has 1 heterocycles. The summed E-state index contributed by atoms with van der Waals surface area (Å²) in [6.45, 7) is 7.82. The van der Waals surface area contributed by atoms with Crippen LogP contribution in [0.1, 0.15) is 45.1 Å². The molecule has 4 heteroatoms. The number of carbonyl (C=O) groups is 2. The minimum atomic E-state index is -0.395. The Balaban J connectivity index is 1.74. The highest BCUT2D eigenvalue weighted by Crippen LogP contribution is 2.49. The molecule has 2 atom stereocenters. The minimum absolute atomic E-state index is 0.00757. The first-order valence-corrected chi connectivity index (χ1v) is 8.77. The van der Waals surface area contributed by atoms with Gasteiger partial charge in [-0.25, -0.2) is 9.59 Å². The summed E-state index contributed by atoms with van der Waals surface area (Å²) < 4.78 is 11.3. The zero-order valence-electron chi connectivity index (χ0n) is 14.9. The van der Waals surface area contributed by atoms with Crippen LogP contribution in [0.3, 0.4) is 0 Å². The number of fused-ring (bicyclic) bond motifs is 3. The third kappa shape index (κ3) is 2.53. The normalized spacial score (nSPS) is 21.0. The van der Waals surface area contributed by atoms with E-state index in [0.29, 0.717) is 16.9 Å². The average Bonchev–Trinajstić information content (AvgIpc) is 2.94. The van der Waals surface area contributed by atoms with Crippen LogP contribution < -0.4 is 4.74 Å². The number of esters is 2. The zero-order chi connectivity index (χ0) is 18.4. The molecule has 4 rings (SSSR count). The van der Waals surface area contributed by atoms with Gasteiger partial charge in [-0.3, -0.25) is 0 Å². The Morgan fingerprint density at radius 3 is 2.69 bits per heavy atom. The van der Waals surface area contributed by atoms with Crippen LogP contribution in [0.15, 0.2) is 48.6 Å². The van der Waals surface area contributed by atoms with Crippen molar-refractivity contribution in [3.63, 3.8) is 0 Å². The molecule has 0 amide bonds. The van der Waals surface area contributed by atoms with Crippen LogP contribution in [0.2, 0.25) is 0 Å². The monoisotopic (exact) mass is 348 g/mol. The lowest BCUT2D eigenvalue weighted by Gasteiger charge is -2.30. The van der Waals surface area contributed by atoms with E-state index in [2.05, 4.69) is 6.58 Å². The molecule has 26 heavy (non-hydrogen) atoms. The summed E-state index contributed by atoms with van der Waals surface area (Å²) in [5.74, 6) is -0.192. The SMILES string of the molecule is C=C1C(=O)O[C@H]2c3c(C)c(OC(=O)c4ccccc4)cc(C)c3CC[C@@H]12. The fourth-order valence-electron chi connectivity index (χ4n) is 4.01. The number of aryl methyl sites for hydroxylation is 1. The minimum Gasteiger partial charge on any atom is -0.453 e. The van der Waals surface area contributed by atoms with Crippen LogP contribution in [-0.4, -0.2) is 11.9 Å². The standard InChI is InChI=1S/C22H20O4/c1-12-11-18(25-22(24)15-7-5-4-6-8-15)14(3)19-16(12)9-10-17-13(2)21(23)26-20(17)19/h4-8,11,17,20H,2,9-10H2,1,3H3/t17-,20+/m0/s1. The van der Waals surface area contributed by atoms with Crippen LogP contribution in [0, 0.1) is 19.8 Å². The van der Waals surface area contributed by atoms with Gasteiger partial charge in [0.05, 0.1) is 5.56 Å². The van der Waals surface area contributed by atoms with E-state index in [9.17, 15) is 9.59 Å². The predicted molar refractivity (Wildman–Crippen MR) is 97.1 cm³/mol. The van der Waals surface area contributed by atoms with E-state index in [1.54, 1.807) is 24.3 Å². The van der Waals surface area contributed by atoms with Gasteiger partial charge in [-0.1, -0.05) is 24.8 Å². The second kappa shape index (κ2) is 6.13. The van der Waals surface area contributed by atoms with Gasteiger partial charge in [0, 0.05) is 17.1 Å². The Labute approximate surface area is 152 Å². The maximum Gasteiger partial charge on any atom is 0.343 e. The van der Waals surface area contributed by atoms with Crippen molar-refractivity contribution >= 4 is 11.9 Å². The van der Waals surface area contributed by atoms with Gasteiger partial charge in [0.15, 0.2) is 0 Å². The van der Waals surface area contributed by atoms with Crippen molar-refractivity contribution in [2.75, 3.05) is 0 Å². The summed E-state index contributed by atoms with van der Waals surface area (Å²) >= 11 is 0. The Hall–Kier alpha value is -2.88. The van der Waals surface area contributed by atoms with Crippen LogP contribution >= 0.6 is 0 Å². The molecule has 4 nitrogen and oxygen atoms in total. The molecule has 132 valence electrons. The van der Waals surface area contributed by atoms with Crippen LogP contribution in [0.4, 0.5) is 0 Å². The zero-order valence-corrected chi connectivity index (χ0v) is 14.9. The number of ether oxygens (including phenoxy) is 2. The van der Waals surface area contributed by atoms with E-state index < -0.39 is 5.97 Å². The summed E-state index contributed by atoms with van der Waals surface area (Å²) in [5, 5.41) is 0. The number of carbonyl (C=O) groups excluding carboxylic acids is 2. The van der Waals surface area contributed by atoms with Gasteiger partial charge < -0.3 is 9.47 Å². The predicted octanol–water partition coefficient (Wildman–Crippen LogP) is 4.24. The van der Waals surface area contributed by atoms with Crippen LogP contribution in [0.25, 0.3) is 0 Å². The molecule has 1 fully saturated rings. The van der Waals surface area contributed by atoms with E-state index in [-0.39, 0.29) is 18.0 Å². The van der Waals surface area contributed by atoms with Crippen molar-refractivity contribution in [2.24, 2.45) is 5.92 Å². The van der Waals surface area contributed by atoms with Crippen molar-refractivity contribution in [2.45, 2.75) is 32.8 Å². The molecule has 1 aliphatic carbocycles.